The largest absolute Gasteiger partial charge is 0.339 e. The summed E-state index contributed by atoms with van der Waals surface area (Å²) in [7, 11) is 0. The molecule has 1 amide bonds. The minimum absolute atomic E-state index is 0.0133. The van der Waals surface area contributed by atoms with Gasteiger partial charge in [0.05, 0.1) is 15.1 Å². The van der Waals surface area contributed by atoms with E-state index in [1.165, 1.54) is 11.3 Å². The molecule has 0 radical (unpaired) electrons. The molecule has 0 aliphatic carbocycles. The molecule has 0 atom stereocenters. The van der Waals surface area contributed by atoms with Crippen LogP contribution in [0, 0.1) is 6.92 Å². The van der Waals surface area contributed by atoms with Crippen LogP contribution in [0.25, 0.3) is 0 Å². The van der Waals surface area contributed by atoms with Gasteiger partial charge in [-0.3, -0.25) is 4.79 Å². The van der Waals surface area contributed by atoms with Crippen LogP contribution >= 0.6 is 22.9 Å². The molecular weight excluding hydrogens is 274 g/mol. The monoisotopic (exact) mass is 283 g/mol. The van der Waals surface area contributed by atoms with Gasteiger partial charge < -0.3 is 9.42 Å². The van der Waals surface area contributed by atoms with E-state index in [1.807, 2.05) is 0 Å². The Labute approximate surface area is 112 Å². The maximum atomic E-state index is 12.0. The van der Waals surface area contributed by atoms with Gasteiger partial charge in [-0.25, -0.2) is 0 Å². The van der Waals surface area contributed by atoms with E-state index in [0.29, 0.717) is 34.0 Å². The predicted molar refractivity (Wildman–Crippen MR) is 67.0 cm³/mol. The molecule has 0 N–H and O–H groups in total. The summed E-state index contributed by atoms with van der Waals surface area (Å²) >= 11 is 7.11. The van der Waals surface area contributed by atoms with Crippen LogP contribution in [-0.2, 0) is 0 Å². The SMILES string of the molecule is Cc1noc(C2CN(C(=O)c3ccc(Cl)s3)C2)n1. The average molecular weight is 284 g/mol. The molecule has 2 aromatic heterocycles. The first-order valence-electron chi connectivity index (χ1n) is 5.48. The van der Waals surface area contributed by atoms with Crippen molar-refractivity contribution in [1.29, 1.82) is 0 Å². The number of halogens is 1. The van der Waals surface area contributed by atoms with E-state index in [9.17, 15) is 4.79 Å². The summed E-state index contributed by atoms with van der Waals surface area (Å²) in [6.45, 7) is 3.02. The summed E-state index contributed by atoms with van der Waals surface area (Å²) < 4.78 is 5.72. The smallest absolute Gasteiger partial charge is 0.264 e. The molecule has 1 fully saturated rings. The van der Waals surface area contributed by atoms with Crippen LogP contribution in [0.15, 0.2) is 16.7 Å². The van der Waals surface area contributed by atoms with Crippen LogP contribution in [0.5, 0.6) is 0 Å². The second kappa shape index (κ2) is 4.37. The molecule has 3 heterocycles. The Morgan fingerprint density at radius 3 is 2.89 bits per heavy atom. The summed E-state index contributed by atoms with van der Waals surface area (Å²) in [5.74, 6) is 1.41. The van der Waals surface area contributed by atoms with Crippen LogP contribution in [0.2, 0.25) is 4.34 Å². The van der Waals surface area contributed by atoms with Crippen molar-refractivity contribution >= 4 is 28.8 Å². The van der Waals surface area contributed by atoms with Crippen molar-refractivity contribution in [2.24, 2.45) is 0 Å². The highest BCUT2D eigenvalue weighted by molar-refractivity contribution is 7.17. The fraction of sp³-hybridized carbons (Fsp3) is 0.364. The number of amides is 1. The standard InChI is InChI=1S/C11H10ClN3O2S/c1-6-13-10(17-14-6)7-4-15(5-7)11(16)8-2-3-9(12)18-8/h2-3,7H,4-5H2,1H3. The lowest BCUT2D eigenvalue weighted by Gasteiger charge is -2.36. The number of thiophene rings is 1. The number of aryl methyl sites for hydroxylation is 1. The maximum Gasteiger partial charge on any atom is 0.264 e. The fourth-order valence-corrected chi connectivity index (χ4v) is 2.88. The van der Waals surface area contributed by atoms with Crippen LogP contribution in [0.3, 0.4) is 0 Å². The predicted octanol–water partition coefficient (Wildman–Crippen LogP) is 2.33. The second-order valence-corrected chi connectivity index (χ2v) is 5.91. The number of hydrogen-bond donors (Lipinski definition) is 0. The summed E-state index contributed by atoms with van der Waals surface area (Å²) in [6, 6.07) is 3.48. The molecule has 1 aliphatic rings. The summed E-state index contributed by atoms with van der Waals surface area (Å²) in [5.41, 5.74) is 0. The van der Waals surface area contributed by atoms with Gasteiger partial charge in [0, 0.05) is 13.1 Å². The van der Waals surface area contributed by atoms with Crippen molar-refractivity contribution in [3.05, 3.63) is 33.1 Å². The Hall–Kier alpha value is -1.40. The lowest BCUT2D eigenvalue weighted by Crippen LogP contribution is -2.48. The van der Waals surface area contributed by atoms with Crippen molar-refractivity contribution in [3.63, 3.8) is 0 Å². The van der Waals surface area contributed by atoms with E-state index in [1.54, 1.807) is 24.0 Å². The zero-order valence-electron chi connectivity index (χ0n) is 9.59. The molecule has 0 aromatic carbocycles. The van der Waals surface area contributed by atoms with E-state index in [2.05, 4.69) is 10.1 Å². The van der Waals surface area contributed by atoms with Gasteiger partial charge in [0.25, 0.3) is 5.91 Å². The number of carbonyl (C=O) groups is 1. The van der Waals surface area contributed by atoms with Crippen molar-refractivity contribution in [3.8, 4) is 0 Å². The van der Waals surface area contributed by atoms with Crippen LogP contribution in [0.4, 0.5) is 0 Å². The summed E-state index contributed by atoms with van der Waals surface area (Å²) in [6.07, 6.45) is 0. The second-order valence-electron chi connectivity index (χ2n) is 4.19. The van der Waals surface area contributed by atoms with Crippen molar-refractivity contribution < 1.29 is 9.32 Å². The zero-order valence-corrected chi connectivity index (χ0v) is 11.2. The van der Waals surface area contributed by atoms with Gasteiger partial charge in [0.15, 0.2) is 5.82 Å². The molecule has 3 rings (SSSR count). The molecule has 94 valence electrons. The lowest BCUT2D eigenvalue weighted by atomic mass is 10.00. The van der Waals surface area contributed by atoms with E-state index in [-0.39, 0.29) is 11.8 Å². The number of nitrogens with zero attached hydrogens (tertiary/aromatic N) is 3. The normalized spacial score (nSPS) is 15.8. The lowest BCUT2D eigenvalue weighted by molar-refractivity contribution is 0.0574. The third-order valence-corrected chi connectivity index (χ3v) is 4.06. The molecule has 1 aliphatic heterocycles. The first-order chi connectivity index (χ1) is 8.63. The third-order valence-electron chi connectivity index (χ3n) is 2.85. The minimum atomic E-state index is 0.0133. The minimum Gasteiger partial charge on any atom is -0.339 e. The van der Waals surface area contributed by atoms with Gasteiger partial charge in [-0.2, -0.15) is 4.98 Å². The number of carbonyl (C=O) groups excluding carboxylic acids is 1. The van der Waals surface area contributed by atoms with Crippen molar-refractivity contribution in [2.75, 3.05) is 13.1 Å². The van der Waals surface area contributed by atoms with E-state index < -0.39 is 0 Å². The third kappa shape index (κ3) is 2.02. The number of hydrogen-bond acceptors (Lipinski definition) is 5. The highest BCUT2D eigenvalue weighted by Crippen LogP contribution is 2.29. The highest BCUT2D eigenvalue weighted by atomic mass is 35.5. The summed E-state index contributed by atoms with van der Waals surface area (Å²) in [5, 5.41) is 3.75. The molecule has 0 spiro atoms. The molecule has 5 nitrogen and oxygen atoms in total. The topological polar surface area (TPSA) is 59.2 Å². The van der Waals surface area contributed by atoms with Crippen molar-refractivity contribution in [1.82, 2.24) is 15.0 Å². The Balaban J connectivity index is 1.64. The molecule has 18 heavy (non-hydrogen) atoms. The fourth-order valence-electron chi connectivity index (χ4n) is 1.86. The van der Waals surface area contributed by atoms with Gasteiger partial charge in [0.1, 0.15) is 0 Å². The molecule has 0 unspecified atom stereocenters. The van der Waals surface area contributed by atoms with E-state index >= 15 is 0 Å². The maximum absolute atomic E-state index is 12.0. The average Bonchev–Trinajstić information content (AvgIpc) is 2.85. The molecule has 2 aromatic rings. The molecule has 7 heteroatoms. The van der Waals surface area contributed by atoms with Gasteiger partial charge >= 0.3 is 0 Å². The van der Waals surface area contributed by atoms with Crippen molar-refractivity contribution in [2.45, 2.75) is 12.8 Å². The highest BCUT2D eigenvalue weighted by Gasteiger charge is 2.36. The number of aromatic nitrogens is 2. The number of likely N-dealkylation sites (tertiary alicyclic amines) is 1. The van der Waals surface area contributed by atoms with Gasteiger partial charge in [-0.15, -0.1) is 11.3 Å². The zero-order chi connectivity index (χ0) is 12.7. The summed E-state index contributed by atoms with van der Waals surface area (Å²) in [4.78, 5) is 18.6. The Kier molecular flexibility index (Phi) is 2.83. The first kappa shape index (κ1) is 11.7. The van der Waals surface area contributed by atoms with E-state index in [4.69, 9.17) is 16.1 Å². The Morgan fingerprint density at radius 2 is 2.33 bits per heavy atom. The Bertz CT molecular complexity index is 589. The first-order valence-corrected chi connectivity index (χ1v) is 6.68. The molecule has 0 saturated carbocycles. The van der Waals surface area contributed by atoms with Crippen LogP contribution < -0.4 is 0 Å². The quantitative estimate of drug-likeness (QED) is 0.849. The van der Waals surface area contributed by atoms with Gasteiger partial charge in [0.2, 0.25) is 5.89 Å². The van der Waals surface area contributed by atoms with Gasteiger partial charge in [-0.05, 0) is 19.1 Å². The molecular formula is C11H10ClN3O2S. The molecule has 0 bridgehead atoms. The molecule has 1 saturated heterocycles. The van der Waals surface area contributed by atoms with Crippen LogP contribution in [0.1, 0.15) is 27.3 Å². The number of rotatable bonds is 2. The van der Waals surface area contributed by atoms with Crippen LogP contribution in [-0.4, -0.2) is 34.0 Å². The van der Waals surface area contributed by atoms with E-state index in [0.717, 1.165) is 0 Å². The Morgan fingerprint density at radius 1 is 1.56 bits per heavy atom. The van der Waals surface area contributed by atoms with Gasteiger partial charge in [-0.1, -0.05) is 16.8 Å².